The molecule has 11 heteroatoms. The molecule has 178 valence electrons. The van der Waals surface area contributed by atoms with Crippen molar-refractivity contribution >= 4 is 29.8 Å². The predicted octanol–water partition coefficient (Wildman–Crippen LogP) is 1.08. The minimum atomic E-state index is -1.27. The molecular formula is C21H29NO10. The lowest BCUT2D eigenvalue weighted by Crippen LogP contribution is -2.54. The van der Waals surface area contributed by atoms with E-state index in [1.807, 2.05) is 20.8 Å². The van der Waals surface area contributed by atoms with Gasteiger partial charge in [0.2, 0.25) is 5.76 Å². The van der Waals surface area contributed by atoms with Gasteiger partial charge in [0.1, 0.15) is 18.8 Å². The number of fused-ring (bicyclic) bond motifs is 1. The summed E-state index contributed by atoms with van der Waals surface area (Å²) in [6.07, 6.45) is -2.89. The van der Waals surface area contributed by atoms with Crippen molar-refractivity contribution in [2.45, 2.75) is 72.0 Å². The Kier molecular flexibility index (Phi) is 7.87. The summed E-state index contributed by atoms with van der Waals surface area (Å²) in [7, 11) is 1.19. The molecule has 2 aliphatic heterocycles. The molecule has 2 rings (SSSR count). The first kappa shape index (κ1) is 25.2. The summed E-state index contributed by atoms with van der Waals surface area (Å²) < 4.78 is 32.3. The molecule has 0 amide bonds. The lowest BCUT2D eigenvalue weighted by Gasteiger charge is -2.37. The molecule has 0 radical (unpaired) electrons. The zero-order valence-electron chi connectivity index (χ0n) is 19.2. The summed E-state index contributed by atoms with van der Waals surface area (Å²) in [5.74, 6) is -2.56. The van der Waals surface area contributed by atoms with Gasteiger partial charge in [0.15, 0.2) is 24.2 Å². The van der Waals surface area contributed by atoms with Crippen LogP contribution in [0.25, 0.3) is 0 Å². The van der Waals surface area contributed by atoms with Crippen LogP contribution in [0.3, 0.4) is 0 Å². The molecule has 0 unspecified atom stereocenters. The van der Waals surface area contributed by atoms with Gasteiger partial charge in [0, 0.05) is 32.3 Å². The lowest BCUT2D eigenvalue weighted by molar-refractivity contribution is -0.187. The third-order valence-electron chi connectivity index (χ3n) is 4.55. The number of methoxy groups -OCH3 is 1. The number of ether oxygens (including phenoxy) is 6. The average molecular weight is 455 g/mol. The van der Waals surface area contributed by atoms with E-state index in [1.54, 1.807) is 0 Å². The molecule has 0 aromatic heterocycles. The maximum absolute atomic E-state index is 12.2. The van der Waals surface area contributed by atoms with Crippen molar-refractivity contribution in [2.75, 3.05) is 13.7 Å². The molecule has 0 saturated carbocycles. The number of aliphatic imine (C=N–C) groups is 1. The van der Waals surface area contributed by atoms with Gasteiger partial charge in [0.05, 0.1) is 7.11 Å². The Bertz CT molecular complexity index is 825. The normalized spacial score (nSPS) is 23.8. The fourth-order valence-electron chi connectivity index (χ4n) is 3.24. The Balaban J connectivity index is 2.51. The van der Waals surface area contributed by atoms with Gasteiger partial charge in [-0.2, -0.15) is 0 Å². The molecule has 0 aromatic rings. The fraction of sp³-hybridized carbons (Fsp3) is 0.667. The van der Waals surface area contributed by atoms with Gasteiger partial charge in [-0.25, -0.2) is 9.79 Å². The summed E-state index contributed by atoms with van der Waals surface area (Å²) >= 11 is 0. The van der Waals surface area contributed by atoms with Gasteiger partial charge >= 0.3 is 23.9 Å². The second kappa shape index (κ2) is 10.0. The monoisotopic (exact) mass is 455 g/mol. The number of carbonyl (C=O) groups is 4. The number of rotatable bonds is 7. The van der Waals surface area contributed by atoms with E-state index >= 15 is 0 Å². The summed E-state index contributed by atoms with van der Waals surface area (Å²) in [4.78, 5) is 51.8. The van der Waals surface area contributed by atoms with Crippen LogP contribution in [-0.2, 0) is 47.6 Å². The highest BCUT2D eigenvalue weighted by atomic mass is 16.6. The smallest absolute Gasteiger partial charge is 0.373 e. The highest BCUT2D eigenvalue weighted by Crippen LogP contribution is 2.35. The van der Waals surface area contributed by atoms with Crippen molar-refractivity contribution in [3.63, 3.8) is 0 Å². The van der Waals surface area contributed by atoms with E-state index < -0.39 is 66.4 Å². The zero-order valence-corrected chi connectivity index (χ0v) is 19.2. The summed E-state index contributed by atoms with van der Waals surface area (Å²) in [6.45, 7) is 8.79. The molecule has 0 fully saturated rings. The van der Waals surface area contributed by atoms with E-state index in [1.165, 1.54) is 20.1 Å². The molecule has 32 heavy (non-hydrogen) atoms. The third-order valence-corrected chi connectivity index (χ3v) is 4.55. The van der Waals surface area contributed by atoms with Crippen LogP contribution in [0, 0.1) is 5.41 Å². The SMILES string of the molecule is COC(=O)C1=C[C@H]2OC(C(C)(C)C)=N[C@H]2[C@H]([C@H](OC(C)=O)[C@@H](COC(C)=O)OC(C)=O)O1. The van der Waals surface area contributed by atoms with Crippen molar-refractivity contribution < 1.29 is 47.6 Å². The van der Waals surface area contributed by atoms with E-state index in [2.05, 4.69) is 4.99 Å². The molecule has 0 aliphatic carbocycles. The van der Waals surface area contributed by atoms with Crippen LogP contribution in [0.5, 0.6) is 0 Å². The first-order valence-corrected chi connectivity index (χ1v) is 10.0. The van der Waals surface area contributed by atoms with Gasteiger partial charge in [-0.15, -0.1) is 0 Å². The number of nitrogens with zero attached hydrogens (tertiary/aromatic N) is 1. The number of carbonyl (C=O) groups excluding carboxylic acids is 4. The van der Waals surface area contributed by atoms with E-state index in [0.717, 1.165) is 13.8 Å². The first-order chi connectivity index (χ1) is 14.8. The van der Waals surface area contributed by atoms with Crippen LogP contribution >= 0.6 is 0 Å². The molecule has 2 heterocycles. The Morgan fingerprint density at radius 2 is 1.66 bits per heavy atom. The average Bonchev–Trinajstić information content (AvgIpc) is 3.12. The summed E-state index contributed by atoms with van der Waals surface area (Å²) in [6, 6.07) is -0.739. The van der Waals surface area contributed by atoms with Gasteiger partial charge in [-0.05, 0) is 0 Å². The molecule has 2 aliphatic rings. The molecule has 0 spiro atoms. The van der Waals surface area contributed by atoms with E-state index in [0.29, 0.717) is 5.90 Å². The van der Waals surface area contributed by atoms with Crippen LogP contribution < -0.4 is 0 Å². The second-order valence-electron chi connectivity index (χ2n) is 8.39. The molecule has 5 atom stereocenters. The maximum atomic E-state index is 12.2. The van der Waals surface area contributed by atoms with Crippen molar-refractivity contribution in [3.8, 4) is 0 Å². The van der Waals surface area contributed by atoms with Crippen LogP contribution in [0.2, 0.25) is 0 Å². The quantitative estimate of drug-likeness (QED) is 0.405. The Labute approximate surface area is 186 Å². The predicted molar refractivity (Wildman–Crippen MR) is 108 cm³/mol. The van der Waals surface area contributed by atoms with Crippen LogP contribution in [-0.4, -0.2) is 73.9 Å². The largest absolute Gasteiger partial charge is 0.477 e. The highest BCUT2D eigenvalue weighted by molar-refractivity contribution is 5.88. The Morgan fingerprint density at radius 3 is 2.16 bits per heavy atom. The van der Waals surface area contributed by atoms with Crippen molar-refractivity contribution in [1.82, 2.24) is 0 Å². The molecular weight excluding hydrogens is 426 g/mol. The van der Waals surface area contributed by atoms with Gasteiger partial charge in [-0.1, -0.05) is 20.8 Å². The molecule has 0 bridgehead atoms. The molecule has 11 nitrogen and oxygen atoms in total. The van der Waals surface area contributed by atoms with Gasteiger partial charge in [-0.3, -0.25) is 14.4 Å². The van der Waals surface area contributed by atoms with E-state index in [9.17, 15) is 19.2 Å². The van der Waals surface area contributed by atoms with Gasteiger partial charge in [0.25, 0.3) is 0 Å². The van der Waals surface area contributed by atoms with E-state index in [-0.39, 0.29) is 5.76 Å². The molecule has 0 saturated heterocycles. The summed E-state index contributed by atoms with van der Waals surface area (Å²) in [5.41, 5.74) is -0.453. The lowest BCUT2D eigenvalue weighted by atomic mass is 9.94. The topological polar surface area (TPSA) is 136 Å². The molecule has 0 N–H and O–H groups in total. The van der Waals surface area contributed by atoms with Crippen LogP contribution in [0.4, 0.5) is 0 Å². The molecule has 0 aromatic carbocycles. The Hall–Kier alpha value is -3.11. The van der Waals surface area contributed by atoms with Crippen LogP contribution in [0.1, 0.15) is 41.5 Å². The minimum Gasteiger partial charge on any atom is -0.477 e. The van der Waals surface area contributed by atoms with Crippen molar-refractivity contribution in [3.05, 3.63) is 11.8 Å². The zero-order chi connectivity index (χ0) is 24.2. The minimum absolute atomic E-state index is 0.171. The standard InChI is InChI=1S/C21H29NO10/c1-10(23)28-9-15(29-11(2)24)17(30-12(3)25)18-16-13(8-14(31-18)19(26)27-7)32-20(22-16)21(4,5)6/h8,13,15-18H,9H2,1-7H3/t13-,15-,16-,17-,18-/m1/s1. The first-order valence-electron chi connectivity index (χ1n) is 10.0. The fourth-order valence-corrected chi connectivity index (χ4v) is 3.24. The van der Waals surface area contributed by atoms with Crippen LogP contribution in [0.15, 0.2) is 16.8 Å². The summed E-state index contributed by atoms with van der Waals surface area (Å²) in [5, 5.41) is 0. The third kappa shape index (κ3) is 6.21. The highest BCUT2D eigenvalue weighted by Gasteiger charge is 2.51. The van der Waals surface area contributed by atoms with E-state index in [4.69, 9.17) is 28.4 Å². The number of esters is 4. The van der Waals surface area contributed by atoms with Crippen molar-refractivity contribution in [2.24, 2.45) is 10.4 Å². The second-order valence-corrected chi connectivity index (χ2v) is 8.39. The van der Waals surface area contributed by atoms with Gasteiger partial charge < -0.3 is 28.4 Å². The Morgan fingerprint density at radius 1 is 1.03 bits per heavy atom. The number of hydrogen-bond acceptors (Lipinski definition) is 11. The maximum Gasteiger partial charge on any atom is 0.373 e. The van der Waals surface area contributed by atoms with Crippen molar-refractivity contribution in [1.29, 1.82) is 0 Å². The number of hydrogen-bond donors (Lipinski definition) is 0.